The van der Waals surface area contributed by atoms with Crippen molar-refractivity contribution in [2.75, 3.05) is 0 Å². The van der Waals surface area contributed by atoms with Crippen molar-refractivity contribution >= 4 is 11.3 Å². The molecule has 0 amide bonds. The zero-order valence-electron chi connectivity index (χ0n) is 16.0. The minimum atomic E-state index is 0.0145. The summed E-state index contributed by atoms with van der Waals surface area (Å²) in [6, 6.07) is 7.72. The van der Waals surface area contributed by atoms with E-state index in [1.807, 2.05) is 12.3 Å². The van der Waals surface area contributed by atoms with Gasteiger partial charge in [-0.1, -0.05) is 33.8 Å². The van der Waals surface area contributed by atoms with Crippen molar-refractivity contribution in [2.24, 2.45) is 0 Å². The lowest BCUT2D eigenvalue weighted by Gasteiger charge is -2.06. The summed E-state index contributed by atoms with van der Waals surface area (Å²) in [7, 11) is 0. The van der Waals surface area contributed by atoms with Gasteiger partial charge in [0.2, 0.25) is 0 Å². The Morgan fingerprint density at radius 1 is 0.962 bits per heavy atom. The fourth-order valence-electron chi connectivity index (χ4n) is 3.13. The van der Waals surface area contributed by atoms with Crippen LogP contribution in [0.3, 0.4) is 0 Å². The highest BCUT2D eigenvalue weighted by Gasteiger charge is 2.07. The molecular weight excluding hydrogens is 324 g/mol. The molecule has 5 nitrogen and oxygen atoms in total. The maximum atomic E-state index is 11.4. The first-order valence-electron chi connectivity index (χ1n) is 9.01. The number of aromatic amines is 1. The van der Waals surface area contributed by atoms with Crippen LogP contribution >= 0.6 is 0 Å². The molecule has 0 aliphatic heterocycles. The minimum Gasteiger partial charge on any atom is -0.346 e. The van der Waals surface area contributed by atoms with Gasteiger partial charge in [-0.05, 0) is 42.0 Å². The molecule has 0 bridgehead atoms. The van der Waals surface area contributed by atoms with Crippen molar-refractivity contribution in [1.29, 1.82) is 0 Å². The van der Waals surface area contributed by atoms with Crippen LogP contribution in [0, 0.1) is 6.92 Å². The number of H-pyrrole nitrogens is 1. The summed E-state index contributed by atoms with van der Waals surface area (Å²) in [6.45, 7) is 10.7. The molecule has 4 aromatic rings. The number of imidazole rings is 2. The first-order valence-corrected chi connectivity index (χ1v) is 9.01. The quantitative estimate of drug-likeness (QED) is 0.578. The SMILES string of the molecule is CC(C)c1ccc(=O)n2cc[nH]c12.Cc1cnc2c(C(C)C)cccn12. The van der Waals surface area contributed by atoms with Gasteiger partial charge in [-0.2, -0.15) is 0 Å². The molecule has 4 aromatic heterocycles. The van der Waals surface area contributed by atoms with E-state index in [0.29, 0.717) is 11.8 Å². The van der Waals surface area contributed by atoms with Crippen molar-refractivity contribution in [3.63, 3.8) is 0 Å². The standard InChI is InChI=1S/C11H14N2.C10H12N2O/c1-8(2)10-5-4-6-13-9(3)7-12-11(10)13;1-7(2)8-3-4-9(13)12-6-5-11-10(8)12/h4-8H,1-3H3;3-7,11H,1-2H3. The number of hydrogen-bond donors (Lipinski definition) is 1. The van der Waals surface area contributed by atoms with Gasteiger partial charge in [0.05, 0.1) is 0 Å². The molecule has 0 aliphatic rings. The van der Waals surface area contributed by atoms with Crippen molar-refractivity contribution in [3.05, 3.63) is 76.2 Å². The van der Waals surface area contributed by atoms with Crippen molar-refractivity contribution in [1.82, 2.24) is 18.8 Å². The Morgan fingerprint density at radius 2 is 1.69 bits per heavy atom. The fraction of sp³-hybridized carbons (Fsp3) is 0.333. The molecule has 4 heterocycles. The maximum absolute atomic E-state index is 11.4. The number of pyridine rings is 2. The molecule has 0 radical (unpaired) electrons. The number of aromatic nitrogens is 4. The van der Waals surface area contributed by atoms with E-state index in [0.717, 1.165) is 11.3 Å². The summed E-state index contributed by atoms with van der Waals surface area (Å²) in [4.78, 5) is 18.8. The lowest BCUT2D eigenvalue weighted by atomic mass is 10.1. The molecular formula is C21H26N4O. The predicted octanol–water partition coefficient (Wildman–Crippen LogP) is 4.52. The van der Waals surface area contributed by atoms with E-state index < -0.39 is 0 Å². The van der Waals surface area contributed by atoms with E-state index in [2.05, 4.69) is 67.3 Å². The smallest absolute Gasteiger partial charge is 0.256 e. The van der Waals surface area contributed by atoms with E-state index in [9.17, 15) is 4.79 Å². The molecule has 0 spiro atoms. The van der Waals surface area contributed by atoms with E-state index in [4.69, 9.17) is 0 Å². The van der Waals surface area contributed by atoms with Gasteiger partial charge in [0.15, 0.2) is 0 Å². The summed E-state index contributed by atoms with van der Waals surface area (Å²) < 4.78 is 3.77. The van der Waals surface area contributed by atoms with Gasteiger partial charge in [0.1, 0.15) is 11.3 Å². The second-order valence-electron chi connectivity index (χ2n) is 7.17. The first kappa shape index (κ1) is 18.0. The van der Waals surface area contributed by atoms with Crippen LogP contribution in [0.15, 0.2) is 53.8 Å². The zero-order valence-corrected chi connectivity index (χ0v) is 16.0. The van der Waals surface area contributed by atoms with E-state index >= 15 is 0 Å². The van der Waals surface area contributed by atoms with E-state index in [-0.39, 0.29) is 5.56 Å². The summed E-state index contributed by atoms with van der Waals surface area (Å²) in [6.07, 6.45) is 7.51. The van der Waals surface area contributed by atoms with Gasteiger partial charge in [-0.15, -0.1) is 0 Å². The normalized spacial score (nSPS) is 11.3. The number of aryl methyl sites for hydroxylation is 1. The monoisotopic (exact) mass is 350 g/mol. The van der Waals surface area contributed by atoms with Crippen molar-refractivity contribution in [2.45, 2.75) is 46.5 Å². The van der Waals surface area contributed by atoms with Crippen molar-refractivity contribution < 1.29 is 0 Å². The average molecular weight is 350 g/mol. The maximum Gasteiger partial charge on any atom is 0.256 e. The molecule has 0 aromatic carbocycles. The van der Waals surface area contributed by atoms with E-state index in [1.54, 1.807) is 22.9 Å². The fourth-order valence-corrected chi connectivity index (χ4v) is 3.13. The van der Waals surface area contributed by atoms with Crippen LogP contribution in [0.2, 0.25) is 0 Å². The first-order chi connectivity index (χ1) is 12.4. The molecule has 4 rings (SSSR count). The summed E-state index contributed by atoms with van der Waals surface area (Å²) in [5, 5.41) is 0. The molecule has 1 N–H and O–H groups in total. The van der Waals surface area contributed by atoms with Gasteiger partial charge in [0.25, 0.3) is 5.56 Å². The molecule has 0 saturated carbocycles. The Balaban J connectivity index is 0.000000151. The largest absolute Gasteiger partial charge is 0.346 e. The third kappa shape index (κ3) is 3.29. The summed E-state index contributed by atoms with van der Waals surface area (Å²) in [5.74, 6) is 0.958. The molecule has 136 valence electrons. The summed E-state index contributed by atoms with van der Waals surface area (Å²) in [5.41, 5.74) is 5.69. The Morgan fingerprint density at radius 3 is 2.38 bits per heavy atom. The zero-order chi connectivity index (χ0) is 18.8. The van der Waals surface area contributed by atoms with Crippen LogP contribution in [0.5, 0.6) is 0 Å². The molecule has 0 aliphatic carbocycles. The van der Waals surface area contributed by atoms with Gasteiger partial charge >= 0.3 is 0 Å². The van der Waals surface area contributed by atoms with Gasteiger partial charge in [-0.3, -0.25) is 9.20 Å². The second-order valence-corrected chi connectivity index (χ2v) is 7.17. The number of hydrogen-bond acceptors (Lipinski definition) is 2. The molecule has 0 saturated heterocycles. The second kappa shape index (κ2) is 7.20. The lowest BCUT2D eigenvalue weighted by molar-refractivity contribution is 0.859. The Kier molecular flexibility index (Phi) is 4.98. The highest BCUT2D eigenvalue weighted by Crippen LogP contribution is 2.19. The van der Waals surface area contributed by atoms with Crippen molar-refractivity contribution in [3.8, 4) is 0 Å². The van der Waals surface area contributed by atoms with Gasteiger partial charge in [0, 0.05) is 36.5 Å². The number of nitrogens with one attached hydrogen (secondary N) is 1. The molecule has 0 unspecified atom stereocenters. The van der Waals surface area contributed by atoms with Crippen LogP contribution < -0.4 is 5.56 Å². The highest BCUT2D eigenvalue weighted by atomic mass is 16.1. The Hall–Kier alpha value is -2.82. The van der Waals surface area contributed by atoms with E-state index in [1.165, 1.54) is 16.8 Å². The lowest BCUT2D eigenvalue weighted by Crippen LogP contribution is -2.11. The van der Waals surface area contributed by atoms with Crippen LogP contribution in [0.4, 0.5) is 0 Å². The van der Waals surface area contributed by atoms with Gasteiger partial charge in [-0.25, -0.2) is 4.98 Å². The number of rotatable bonds is 2. The Bertz CT molecular complexity index is 1080. The summed E-state index contributed by atoms with van der Waals surface area (Å²) >= 11 is 0. The molecule has 0 atom stereocenters. The molecule has 5 heteroatoms. The highest BCUT2D eigenvalue weighted by molar-refractivity contribution is 5.50. The third-order valence-corrected chi connectivity index (χ3v) is 4.60. The van der Waals surface area contributed by atoms with Crippen LogP contribution in [-0.2, 0) is 0 Å². The number of nitrogens with zero attached hydrogens (tertiary/aromatic N) is 3. The third-order valence-electron chi connectivity index (χ3n) is 4.60. The molecule has 0 fully saturated rings. The number of fused-ring (bicyclic) bond motifs is 2. The predicted molar refractivity (Wildman–Crippen MR) is 106 cm³/mol. The molecule has 26 heavy (non-hydrogen) atoms. The average Bonchev–Trinajstić information content (AvgIpc) is 3.23. The van der Waals surface area contributed by atoms with Gasteiger partial charge < -0.3 is 9.38 Å². The van der Waals surface area contributed by atoms with Crippen LogP contribution in [-0.4, -0.2) is 18.8 Å². The Labute approximate surface area is 153 Å². The minimum absolute atomic E-state index is 0.0145. The van der Waals surface area contributed by atoms with Crippen LogP contribution in [0.1, 0.15) is 56.4 Å². The topological polar surface area (TPSA) is 54.6 Å². The van der Waals surface area contributed by atoms with Crippen LogP contribution in [0.25, 0.3) is 11.3 Å².